The Hall–Kier alpha value is -2.12. The molecule has 0 saturated carbocycles. The lowest BCUT2D eigenvalue weighted by Crippen LogP contribution is -2.40. The number of aliphatic carboxylic acids is 1. The molecule has 7 heteroatoms. The molecule has 0 aliphatic heterocycles. The van der Waals surface area contributed by atoms with E-state index in [1.54, 1.807) is 24.1 Å². The van der Waals surface area contributed by atoms with Crippen molar-refractivity contribution in [3.05, 3.63) is 34.3 Å². The second-order valence-electron chi connectivity index (χ2n) is 4.49. The first-order chi connectivity index (χ1) is 8.95. The number of fused-ring (bicyclic) bond motifs is 1. The second-order valence-corrected chi connectivity index (χ2v) is 4.49. The number of carboxylic acid groups (broad SMARTS) is 1. The van der Waals surface area contributed by atoms with Gasteiger partial charge < -0.3 is 15.3 Å². The zero-order chi connectivity index (χ0) is 14.0. The number of rotatable bonds is 5. The lowest BCUT2D eigenvalue weighted by molar-refractivity contribution is -0.138. The van der Waals surface area contributed by atoms with E-state index < -0.39 is 17.8 Å². The van der Waals surface area contributed by atoms with Gasteiger partial charge in [0.25, 0.3) is 0 Å². The first-order valence-electron chi connectivity index (χ1n) is 5.74. The highest BCUT2D eigenvalue weighted by Crippen LogP contribution is 2.13. The highest BCUT2D eigenvalue weighted by molar-refractivity contribution is 5.73. The van der Waals surface area contributed by atoms with Crippen LogP contribution in [-0.2, 0) is 11.3 Å². The number of aromatic nitrogens is 1. The zero-order valence-corrected chi connectivity index (χ0v) is 10.4. The highest BCUT2D eigenvalue weighted by atomic mass is 16.4. The lowest BCUT2D eigenvalue weighted by atomic mass is 10.2. The van der Waals surface area contributed by atoms with Crippen molar-refractivity contribution in [1.29, 1.82) is 0 Å². The summed E-state index contributed by atoms with van der Waals surface area (Å²) in [5.74, 6) is -1.52. The molecule has 0 spiro atoms. The van der Waals surface area contributed by atoms with Crippen LogP contribution in [0.5, 0.6) is 0 Å². The van der Waals surface area contributed by atoms with Gasteiger partial charge in [0.15, 0.2) is 5.58 Å². The number of oxazole rings is 1. The van der Waals surface area contributed by atoms with E-state index in [0.29, 0.717) is 17.6 Å². The Bertz CT molecular complexity index is 646. The predicted molar refractivity (Wildman–Crippen MR) is 68.8 cm³/mol. The molecule has 102 valence electrons. The number of H-pyrrole nitrogens is 1. The van der Waals surface area contributed by atoms with Crippen LogP contribution in [0.25, 0.3) is 11.1 Å². The number of hydrogen-bond donors (Lipinski definition) is 3. The zero-order valence-electron chi connectivity index (χ0n) is 10.4. The van der Waals surface area contributed by atoms with Gasteiger partial charge in [-0.05, 0) is 24.7 Å². The fourth-order valence-corrected chi connectivity index (χ4v) is 1.89. The third kappa shape index (κ3) is 3.21. The SMILES string of the molecule is CN(Cc1ccc2oc(=O)[nH]c2c1)CC(N)C(=O)O. The van der Waals surface area contributed by atoms with Gasteiger partial charge >= 0.3 is 11.7 Å². The molecule has 19 heavy (non-hydrogen) atoms. The lowest BCUT2D eigenvalue weighted by Gasteiger charge is -2.18. The van der Waals surface area contributed by atoms with Gasteiger partial charge in [0.1, 0.15) is 6.04 Å². The van der Waals surface area contributed by atoms with Crippen LogP contribution < -0.4 is 11.5 Å². The normalized spacial score (nSPS) is 13.0. The highest BCUT2D eigenvalue weighted by Gasteiger charge is 2.14. The molecular weight excluding hydrogens is 250 g/mol. The van der Waals surface area contributed by atoms with Crippen molar-refractivity contribution in [1.82, 2.24) is 9.88 Å². The minimum Gasteiger partial charge on any atom is -0.480 e. The van der Waals surface area contributed by atoms with E-state index in [1.165, 1.54) is 0 Å². The summed E-state index contributed by atoms with van der Waals surface area (Å²) < 4.78 is 4.90. The summed E-state index contributed by atoms with van der Waals surface area (Å²) in [6.45, 7) is 0.777. The smallest absolute Gasteiger partial charge is 0.417 e. The van der Waals surface area contributed by atoms with Gasteiger partial charge in [0.05, 0.1) is 5.52 Å². The van der Waals surface area contributed by atoms with Crippen LogP contribution in [0.3, 0.4) is 0 Å². The molecule has 0 saturated heterocycles. The van der Waals surface area contributed by atoms with Crippen molar-refractivity contribution in [2.24, 2.45) is 5.73 Å². The van der Waals surface area contributed by atoms with Crippen LogP contribution >= 0.6 is 0 Å². The van der Waals surface area contributed by atoms with Gasteiger partial charge in [-0.25, -0.2) is 4.79 Å². The van der Waals surface area contributed by atoms with E-state index in [-0.39, 0.29) is 6.54 Å². The molecule has 4 N–H and O–H groups in total. The fourth-order valence-electron chi connectivity index (χ4n) is 1.89. The van der Waals surface area contributed by atoms with Crippen molar-refractivity contribution in [2.45, 2.75) is 12.6 Å². The molecule has 1 aromatic heterocycles. The Kier molecular flexibility index (Phi) is 3.68. The maximum atomic E-state index is 11.0. The molecule has 1 unspecified atom stereocenters. The number of benzene rings is 1. The van der Waals surface area contributed by atoms with Crippen molar-refractivity contribution in [3.63, 3.8) is 0 Å². The largest absolute Gasteiger partial charge is 0.480 e. The van der Waals surface area contributed by atoms with Crippen LogP contribution in [-0.4, -0.2) is 40.6 Å². The fraction of sp³-hybridized carbons (Fsp3) is 0.333. The number of likely N-dealkylation sites (N-methyl/N-ethyl adjacent to an activating group) is 1. The molecule has 0 amide bonds. The van der Waals surface area contributed by atoms with Gasteiger partial charge in [-0.2, -0.15) is 0 Å². The van der Waals surface area contributed by atoms with Crippen LogP contribution in [0.4, 0.5) is 0 Å². The summed E-state index contributed by atoms with van der Waals surface area (Å²) in [4.78, 5) is 26.1. The molecule has 0 fully saturated rings. The third-order valence-corrected chi connectivity index (χ3v) is 2.76. The van der Waals surface area contributed by atoms with Gasteiger partial charge in [0, 0.05) is 13.1 Å². The maximum absolute atomic E-state index is 11.0. The van der Waals surface area contributed by atoms with Crippen LogP contribution in [0.1, 0.15) is 5.56 Å². The van der Waals surface area contributed by atoms with E-state index in [9.17, 15) is 9.59 Å². The Morgan fingerprint density at radius 1 is 1.58 bits per heavy atom. The molecule has 0 bridgehead atoms. The van der Waals surface area contributed by atoms with E-state index in [1.807, 2.05) is 6.07 Å². The molecule has 1 aromatic carbocycles. The van der Waals surface area contributed by atoms with Gasteiger partial charge in [-0.15, -0.1) is 0 Å². The van der Waals surface area contributed by atoms with Gasteiger partial charge in [-0.1, -0.05) is 6.07 Å². The summed E-state index contributed by atoms with van der Waals surface area (Å²) in [7, 11) is 1.78. The third-order valence-electron chi connectivity index (χ3n) is 2.76. The molecule has 2 rings (SSSR count). The van der Waals surface area contributed by atoms with Crippen molar-refractivity contribution in [3.8, 4) is 0 Å². The van der Waals surface area contributed by atoms with E-state index in [4.69, 9.17) is 15.3 Å². The Labute approximate surface area is 108 Å². The Balaban J connectivity index is 2.08. The van der Waals surface area contributed by atoms with Crippen molar-refractivity contribution >= 4 is 17.1 Å². The minimum atomic E-state index is -1.03. The molecule has 0 aliphatic rings. The van der Waals surface area contributed by atoms with E-state index >= 15 is 0 Å². The second kappa shape index (κ2) is 5.25. The van der Waals surface area contributed by atoms with Crippen LogP contribution in [0.15, 0.2) is 27.4 Å². The summed E-state index contributed by atoms with van der Waals surface area (Å²) in [6.07, 6.45) is 0. The average Bonchev–Trinajstić information content (AvgIpc) is 2.68. The van der Waals surface area contributed by atoms with Gasteiger partial charge in [0.2, 0.25) is 0 Å². The molecule has 1 atom stereocenters. The predicted octanol–water partition coefficient (Wildman–Crippen LogP) is -0.0352. The first kappa shape index (κ1) is 13.3. The quantitative estimate of drug-likeness (QED) is 0.699. The summed E-state index contributed by atoms with van der Waals surface area (Å²) in [5, 5.41) is 8.74. The number of hydrogen-bond acceptors (Lipinski definition) is 5. The number of aromatic amines is 1. The van der Waals surface area contributed by atoms with E-state index in [0.717, 1.165) is 5.56 Å². The van der Waals surface area contributed by atoms with Gasteiger partial charge in [-0.3, -0.25) is 14.7 Å². The first-order valence-corrected chi connectivity index (χ1v) is 5.74. The number of carboxylic acids is 1. The summed E-state index contributed by atoms with van der Waals surface area (Å²) in [6, 6.07) is 4.40. The molecule has 0 aliphatic carbocycles. The number of nitrogens with zero attached hydrogens (tertiary/aromatic N) is 1. The monoisotopic (exact) mass is 265 g/mol. The molecule has 7 nitrogen and oxygen atoms in total. The standard InChI is InChI=1S/C12H15N3O4/c1-15(6-8(13)11(16)17)5-7-2-3-10-9(4-7)14-12(18)19-10/h2-4,8H,5-6,13H2,1H3,(H,14,18)(H,16,17). The Morgan fingerprint density at radius 2 is 2.32 bits per heavy atom. The van der Waals surface area contributed by atoms with Crippen LogP contribution in [0, 0.1) is 0 Å². The maximum Gasteiger partial charge on any atom is 0.417 e. The van der Waals surface area contributed by atoms with E-state index in [2.05, 4.69) is 4.98 Å². The minimum absolute atomic E-state index is 0.245. The topological polar surface area (TPSA) is 113 Å². The number of carbonyl (C=O) groups is 1. The molecular formula is C12H15N3O4. The summed E-state index contributed by atoms with van der Waals surface area (Å²) in [5.41, 5.74) is 7.52. The molecule has 1 heterocycles. The summed E-state index contributed by atoms with van der Waals surface area (Å²) >= 11 is 0. The number of nitrogens with two attached hydrogens (primary N) is 1. The van der Waals surface area contributed by atoms with Crippen molar-refractivity contribution in [2.75, 3.05) is 13.6 Å². The Morgan fingerprint density at radius 3 is 3.00 bits per heavy atom. The molecule has 0 radical (unpaired) electrons. The molecule has 2 aromatic rings. The van der Waals surface area contributed by atoms with Crippen LogP contribution in [0.2, 0.25) is 0 Å². The van der Waals surface area contributed by atoms with Crippen molar-refractivity contribution < 1.29 is 14.3 Å². The average molecular weight is 265 g/mol. The number of nitrogens with one attached hydrogen (secondary N) is 1.